The first kappa shape index (κ1) is 14.1. The Kier molecular flexibility index (Phi) is 4.21. The van der Waals surface area contributed by atoms with Gasteiger partial charge >= 0.3 is 6.18 Å². The number of piperidine rings is 1. The van der Waals surface area contributed by atoms with Crippen LogP contribution < -0.4 is 0 Å². The van der Waals surface area contributed by atoms with E-state index in [-0.39, 0.29) is 18.0 Å². The zero-order valence-electron chi connectivity index (χ0n) is 9.75. The second-order valence-corrected chi connectivity index (χ2v) is 6.16. The molecule has 2 aliphatic rings. The Morgan fingerprint density at radius 2 is 1.83 bits per heavy atom. The van der Waals surface area contributed by atoms with Crippen LogP contribution in [-0.4, -0.2) is 47.1 Å². The van der Waals surface area contributed by atoms with Crippen LogP contribution in [0.15, 0.2) is 0 Å². The molecule has 2 atom stereocenters. The summed E-state index contributed by atoms with van der Waals surface area (Å²) < 4.78 is 40.2. The van der Waals surface area contributed by atoms with Gasteiger partial charge in [0.05, 0.1) is 0 Å². The van der Waals surface area contributed by atoms with E-state index in [9.17, 15) is 18.0 Å². The summed E-state index contributed by atoms with van der Waals surface area (Å²) in [5.41, 5.74) is 0. The Hall–Kier alpha value is -0.300. The van der Waals surface area contributed by atoms with E-state index in [2.05, 4.69) is 20.7 Å². The van der Waals surface area contributed by atoms with Crippen molar-refractivity contribution in [3.63, 3.8) is 0 Å². The molecule has 104 valence electrons. The summed E-state index contributed by atoms with van der Waals surface area (Å²) in [5, 5.41) is 0. The van der Waals surface area contributed by atoms with Crippen LogP contribution in [0.2, 0.25) is 0 Å². The number of alkyl halides is 4. The van der Waals surface area contributed by atoms with Gasteiger partial charge in [-0.1, -0.05) is 15.9 Å². The van der Waals surface area contributed by atoms with Crippen molar-refractivity contribution in [2.75, 3.05) is 13.2 Å². The van der Waals surface area contributed by atoms with Crippen molar-refractivity contribution in [3.05, 3.63) is 0 Å². The third-order valence-corrected chi connectivity index (χ3v) is 4.20. The molecule has 0 aromatic heterocycles. The normalized spacial score (nSPS) is 31.8. The highest BCUT2D eigenvalue weighted by atomic mass is 79.9. The van der Waals surface area contributed by atoms with Crippen LogP contribution in [0.25, 0.3) is 0 Å². The van der Waals surface area contributed by atoms with Crippen LogP contribution in [0.1, 0.15) is 25.7 Å². The van der Waals surface area contributed by atoms with Gasteiger partial charge in [0, 0.05) is 16.9 Å². The quantitative estimate of drug-likeness (QED) is 0.744. The lowest BCUT2D eigenvalue weighted by atomic mass is 10.0. The van der Waals surface area contributed by atoms with Gasteiger partial charge in [0.1, 0.15) is 13.2 Å². The molecule has 18 heavy (non-hydrogen) atoms. The number of halogens is 4. The molecule has 7 heteroatoms. The number of rotatable bonds is 3. The van der Waals surface area contributed by atoms with Crippen molar-refractivity contribution in [1.29, 1.82) is 0 Å². The molecule has 2 rings (SSSR count). The number of nitrogens with zero attached hydrogens (tertiary/aromatic N) is 1. The predicted octanol–water partition coefficient (Wildman–Crippen LogP) is 2.48. The topological polar surface area (TPSA) is 29.5 Å². The van der Waals surface area contributed by atoms with Crippen LogP contribution >= 0.6 is 15.9 Å². The molecule has 3 nitrogen and oxygen atoms in total. The maximum Gasteiger partial charge on any atom is 0.411 e. The Bertz CT molecular complexity index is 310. The zero-order valence-corrected chi connectivity index (χ0v) is 11.3. The minimum Gasteiger partial charge on any atom is -0.362 e. The van der Waals surface area contributed by atoms with Crippen molar-refractivity contribution in [1.82, 2.24) is 4.90 Å². The fourth-order valence-electron chi connectivity index (χ4n) is 2.85. The van der Waals surface area contributed by atoms with Crippen LogP contribution in [0.3, 0.4) is 0 Å². The van der Waals surface area contributed by atoms with E-state index in [1.807, 2.05) is 0 Å². The smallest absolute Gasteiger partial charge is 0.362 e. The molecule has 2 heterocycles. The highest BCUT2D eigenvalue weighted by Crippen LogP contribution is 2.38. The highest BCUT2D eigenvalue weighted by Gasteiger charge is 2.42. The fourth-order valence-corrected chi connectivity index (χ4v) is 3.71. The third kappa shape index (κ3) is 3.38. The first-order valence-corrected chi connectivity index (χ1v) is 6.88. The van der Waals surface area contributed by atoms with Gasteiger partial charge in [-0.15, -0.1) is 0 Å². The van der Waals surface area contributed by atoms with Gasteiger partial charge in [0.25, 0.3) is 0 Å². The van der Waals surface area contributed by atoms with Crippen LogP contribution in [-0.2, 0) is 9.53 Å². The fraction of sp³-hybridized carbons (Fsp3) is 0.909. The molecule has 0 saturated carbocycles. The summed E-state index contributed by atoms with van der Waals surface area (Å²) in [6, 6.07) is 0.324. The van der Waals surface area contributed by atoms with Crippen molar-refractivity contribution in [2.24, 2.45) is 0 Å². The van der Waals surface area contributed by atoms with E-state index in [1.165, 1.54) is 0 Å². The van der Waals surface area contributed by atoms with E-state index in [0.717, 1.165) is 25.7 Å². The van der Waals surface area contributed by atoms with E-state index >= 15 is 0 Å². The molecule has 0 N–H and O–H groups in total. The lowest BCUT2D eigenvalue weighted by Crippen LogP contribution is -2.48. The summed E-state index contributed by atoms with van der Waals surface area (Å²) >= 11 is 3.55. The van der Waals surface area contributed by atoms with Crippen LogP contribution in [0.5, 0.6) is 0 Å². The van der Waals surface area contributed by atoms with E-state index in [4.69, 9.17) is 0 Å². The maximum atomic E-state index is 11.9. The van der Waals surface area contributed by atoms with Crippen molar-refractivity contribution in [3.8, 4) is 0 Å². The maximum absolute atomic E-state index is 11.9. The van der Waals surface area contributed by atoms with Gasteiger partial charge < -0.3 is 9.64 Å². The minimum atomic E-state index is -4.37. The molecule has 0 aliphatic carbocycles. The molecule has 0 radical (unpaired) electrons. The number of carbonyl (C=O) groups excluding carboxylic acids is 1. The van der Waals surface area contributed by atoms with Crippen molar-refractivity contribution >= 4 is 21.8 Å². The molecule has 0 aromatic rings. The third-order valence-electron chi connectivity index (χ3n) is 3.45. The minimum absolute atomic E-state index is 0.162. The largest absolute Gasteiger partial charge is 0.411 e. The summed E-state index contributed by atoms with van der Waals surface area (Å²) in [6.07, 6.45) is -0.735. The predicted molar refractivity (Wildman–Crippen MR) is 62.5 cm³/mol. The van der Waals surface area contributed by atoms with Gasteiger partial charge in [-0.05, 0) is 25.7 Å². The number of ether oxygens (including phenoxy) is 1. The number of fused-ring (bicyclic) bond motifs is 2. The SMILES string of the molecule is O=C(COCC(F)(F)F)N1C2CCC1CC(Br)C2. The number of hydrogen-bond acceptors (Lipinski definition) is 2. The molecule has 2 fully saturated rings. The molecule has 2 unspecified atom stereocenters. The highest BCUT2D eigenvalue weighted by molar-refractivity contribution is 9.09. The van der Waals surface area contributed by atoms with Crippen LogP contribution in [0.4, 0.5) is 13.2 Å². The summed E-state index contributed by atoms with van der Waals surface area (Å²) in [4.78, 5) is 14.0. The standard InChI is InChI=1S/C11H15BrF3NO2/c12-7-3-8-1-2-9(4-7)16(8)10(17)5-18-6-11(13,14)15/h7-9H,1-6H2. The second-order valence-electron chi connectivity index (χ2n) is 4.86. The van der Waals surface area contributed by atoms with Gasteiger partial charge in [-0.2, -0.15) is 13.2 Å². The van der Waals surface area contributed by atoms with Gasteiger partial charge in [-0.3, -0.25) is 4.79 Å². The zero-order chi connectivity index (χ0) is 13.3. The number of carbonyl (C=O) groups is 1. The second kappa shape index (κ2) is 5.36. The van der Waals surface area contributed by atoms with E-state index < -0.39 is 19.4 Å². The van der Waals surface area contributed by atoms with Crippen molar-refractivity contribution < 1.29 is 22.7 Å². The first-order chi connectivity index (χ1) is 8.37. The molecule has 0 aromatic carbocycles. The van der Waals surface area contributed by atoms with Crippen molar-refractivity contribution in [2.45, 2.75) is 48.8 Å². The lowest BCUT2D eigenvalue weighted by molar-refractivity contribution is -0.178. The molecular formula is C11H15BrF3NO2. The molecule has 2 bridgehead atoms. The van der Waals surface area contributed by atoms with Gasteiger partial charge in [0.2, 0.25) is 5.91 Å². The Labute approximate surface area is 112 Å². The molecule has 2 saturated heterocycles. The molecular weight excluding hydrogens is 315 g/mol. The number of amides is 1. The van der Waals surface area contributed by atoms with E-state index in [1.54, 1.807) is 4.90 Å². The van der Waals surface area contributed by atoms with Crippen LogP contribution in [0, 0.1) is 0 Å². The molecule has 0 spiro atoms. The average Bonchev–Trinajstić information content (AvgIpc) is 2.49. The van der Waals surface area contributed by atoms with Gasteiger partial charge in [-0.25, -0.2) is 0 Å². The molecule has 1 amide bonds. The number of hydrogen-bond donors (Lipinski definition) is 0. The first-order valence-electron chi connectivity index (χ1n) is 5.96. The summed E-state index contributed by atoms with van der Waals surface area (Å²) in [7, 11) is 0. The Morgan fingerprint density at radius 3 is 2.33 bits per heavy atom. The monoisotopic (exact) mass is 329 g/mol. The van der Waals surface area contributed by atoms with Gasteiger partial charge in [0.15, 0.2) is 0 Å². The summed E-state index contributed by atoms with van der Waals surface area (Å²) in [5.74, 6) is -0.314. The Morgan fingerprint density at radius 1 is 1.28 bits per heavy atom. The summed E-state index contributed by atoms with van der Waals surface area (Å²) in [6.45, 7) is -1.83. The average molecular weight is 330 g/mol. The Balaban J connectivity index is 1.83. The molecule has 2 aliphatic heterocycles. The lowest BCUT2D eigenvalue weighted by Gasteiger charge is -2.37. The van der Waals surface area contributed by atoms with E-state index in [0.29, 0.717) is 4.83 Å².